The van der Waals surface area contributed by atoms with E-state index in [2.05, 4.69) is 0 Å². The summed E-state index contributed by atoms with van der Waals surface area (Å²) in [6, 6.07) is 13.9. The van der Waals surface area contributed by atoms with Crippen molar-refractivity contribution in [3.8, 4) is 5.75 Å². The SMILES string of the molecule is CCOc1ccc(C(Cl)c2cccc(F)c2)cc1. The van der Waals surface area contributed by atoms with E-state index in [9.17, 15) is 4.39 Å². The number of rotatable bonds is 4. The van der Waals surface area contributed by atoms with Gasteiger partial charge in [0.2, 0.25) is 0 Å². The lowest BCUT2D eigenvalue weighted by Crippen LogP contribution is -1.95. The first-order chi connectivity index (χ1) is 8.70. The Morgan fingerprint density at radius 1 is 1.11 bits per heavy atom. The van der Waals surface area contributed by atoms with Crippen LogP contribution in [0.4, 0.5) is 4.39 Å². The smallest absolute Gasteiger partial charge is 0.123 e. The van der Waals surface area contributed by atoms with E-state index >= 15 is 0 Å². The van der Waals surface area contributed by atoms with Crippen LogP contribution in [0.15, 0.2) is 48.5 Å². The average Bonchev–Trinajstić information content (AvgIpc) is 2.39. The molecule has 1 nitrogen and oxygen atoms in total. The molecule has 2 aromatic rings. The molecule has 0 aliphatic heterocycles. The summed E-state index contributed by atoms with van der Waals surface area (Å²) in [6.45, 7) is 2.57. The zero-order valence-corrected chi connectivity index (χ0v) is 10.8. The van der Waals surface area contributed by atoms with Crippen LogP contribution in [-0.2, 0) is 0 Å². The zero-order valence-electron chi connectivity index (χ0n) is 10.1. The molecule has 3 heteroatoms. The third-order valence-electron chi connectivity index (χ3n) is 2.63. The van der Waals surface area contributed by atoms with Crippen molar-refractivity contribution in [2.45, 2.75) is 12.3 Å². The summed E-state index contributed by atoms with van der Waals surface area (Å²) in [4.78, 5) is 0. The van der Waals surface area contributed by atoms with E-state index < -0.39 is 0 Å². The van der Waals surface area contributed by atoms with Crippen LogP contribution in [0, 0.1) is 5.82 Å². The van der Waals surface area contributed by atoms with Crippen molar-refractivity contribution in [2.75, 3.05) is 6.61 Å². The monoisotopic (exact) mass is 264 g/mol. The fraction of sp³-hybridized carbons (Fsp3) is 0.200. The number of benzene rings is 2. The molecule has 0 aliphatic carbocycles. The van der Waals surface area contributed by atoms with Gasteiger partial charge in [-0.2, -0.15) is 0 Å². The molecule has 0 spiro atoms. The first kappa shape index (κ1) is 12.9. The van der Waals surface area contributed by atoms with Crippen molar-refractivity contribution < 1.29 is 9.13 Å². The van der Waals surface area contributed by atoms with Gasteiger partial charge in [0, 0.05) is 0 Å². The summed E-state index contributed by atoms with van der Waals surface area (Å²) in [7, 11) is 0. The van der Waals surface area contributed by atoms with Crippen molar-refractivity contribution in [2.24, 2.45) is 0 Å². The zero-order chi connectivity index (χ0) is 13.0. The first-order valence-corrected chi connectivity index (χ1v) is 6.26. The number of hydrogen-bond donors (Lipinski definition) is 0. The maximum absolute atomic E-state index is 13.1. The molecular formula is C15H14ClFO. The van der Waals surface area contributed by atoms with Gasteiger partial charge >= 0.3 is 0 Å². The Hall–Kier alpha value is -1.54. The normalized spacial score (nSPS) is 12.2. The highest BCUT2D eigenvalue weighted by Crippen LogP contribution is 2.30. The van der Waals surface area contributed by atoms with Crippen LogP contribution in [-0.4, -0.2) is 6.61 Å². The molecular weight excluding hydrogens is 251 g/mol. The number of alkyl halides is 1. The molecule has 0 N–H and O–H groups in total. The van der Waals surface area contributed by atoms with Gasteiger partial charge in [0.15, 0.2) is 0 Å². The Morgan fingerprint density at radius 3 is 2.44 bits per heavy atom. The van der Waals surface area contributed by atoms with Gasteiger partial charge in [-0.25, -0.2) is 4.39 Å². The number of halogens is 2. The molecule has 0 saturated heterocycles. The third kappa shape index (κ3) is 3.02. The van der Waals surface area contributed by atoms with Crippen LogP contribution in [0.3, 0.4) is 0 Å². The van der Waals surface area contributed by atoms with Gasteiger partial charge < -0.3 is 4.74 Å². The molecule has 0 radical (unpaired) electrons. The van der Waals surface area contributed by atoms with E-state index in [1.54, 1.807) is 6.07 Å². The van der Waals surface area contributed by atoms with Gasteiger partial charge in [-0.05, 0) is 42.3 Å². The summed E-state index contributed by atoms with van der Waals surface area (Å²) in [5.41, 5.74) is 1.67. The molecule has 1 unspecified atom stereocenters. The van der Waals surface area contributed by atoms with Gasteiger partial charge in [0.05, 0.1) is 12.0 Å². The highest BCUT2D eigenvalue weighted by Gasteiger charge is 2.11. The van der Waals surface area contributed by atoms with Gasteiger partial charge in [-0.1, -0.05) is 24.3 Å². The maximum Gasteiger partial charge on any atom is 0.123 e. The van der Waals surface area contributed by atoms with Crippen LogP contribution < -0.4 is 4.74 Å². The lowest BCUT2D eigenvalue weighted by atomic mass is 10.0. The van der Waals surface area contributed by atoms with Gasteiger partial charge in [0.25, 0.3) is 0 Å². The van der Waals surface area contributed by atoms with E-state index in [0.717, 1.165) is 16.9 Å². The maximum atomic E-state index is 13.1. The van der Waals surface area contributed by atoms with Crippen molar-refractivity contribution in [3.63, 3.8) is 0 Å². The molecule has 0 heterocycles. The highest BCUT2D eigenvalue weighted by molar-refractivity contribution is 6.22. The Morgan fingerprint density at radius 2 is 1.83 bits per heavy atom. The summed E-state index contributed by atoms with van der Waals surface area (Å²) < 4.78 is 18.5. The second kappa shape index (κ2) is 5.87. The molecule has 2 rings (SSSR count). The summed E-state index contributed by atoms with van der Waals surface area (Å²) in [5, 5.41) is -0.351. The Labute approximate surface area is 111 Å². The van der Waals surface area contributed by atoms with E-state index in [1.165, 1.54) is 12.1 Å². The van der Waals surface area contributed by atoms with E-state index in [4.69, 9.17) is 16.3 Å². The second-order valence-corrected chi connectivity index (χ2v) is 4.36. The van der Waals surface area contributed by atoms with Gasteiger partial charge in [0.1, 0.15) is 11.6 Å². The fourth-order valence-electron chi connectivity index (χ4n) is 1.76. The highest BCUT2D eigenvalue weighted by atomic mass is 35.5. The molecule has 0 aliphatic rings. The Balaban J connectivity index is 2.20. The van der Waals surface area contributed by atoms with Crippen molar-refractivity contribution in [1.29, 1.82) is 0 Å². The van der Waals surface area contributed by atoms with E-state index in [1.807, 2.05) is 37.3 Å². The molecule has 18 heavy (non-hydrogen) atoms. The van der Waals surface area contributed by atoms with Crippen LogP contribution >= 0.6 is 11.6 Å². The molecule has 0 bridgehead atoms. The molecule has 2 aromatic carbocycles. The fourth-order valence-corrected chi connectivity index (χ4v) is 2.04. The standard InChI is InChI=1S/C15H14ClFO/c1-2-18-14-8-6-11(7-9-14)15(16)12-4-3-5-13(17)10-12/h3-10,15H,2H2,1H3. The molecule has 94 valence electrons. The molecule has 0 fully saturated rings. The molecule has 0 amide bonds. The van der Waals surface area contributed by atoms with Gasteiger partial charge in [-0.3, -0.25) is 0 Å². The van der Waals surface area contributed by atoms with Crippen LogP contribution in [0.2, 0.25) is 0 Å². The second-order valence-electron chi connectivity index (χ2n) is 3.92. The summed E-state index contributed by atoms with van der Waals surface area (Å²) in [6.07, 6.45) is 0. The molecule has 0 aromatic heterocycles. The van der Waals surface area contributed by atoms with Crippen LogP contribution in [0.25, 0.3) is 0 Å². The van der Waals surface area contributed by atoms with E-state index in [0.29, 0.717) is 6.61 Å². The van der Waals surface area contributed by atoms with Crippen molar-refractivity contribution in [1.82, 2.24) is 0 Å². The molecule has 1 atom stereocenters. The lowest BCUT2D eigenvalue weighted by Gasteiger charge is -2.11. The minimum absolute atomic E-state index is 0.274. The van der Waals surface area contributed by atoms with Crippen LogP contribution in [0.1, 0.15) is 23.4 Å². The Kier molecular flexibility index (Phi) is 4.21. The quantitative estimate of drug-likeness (QED) is 0.736. The average molecular weight is 265 g/mol. The minimum atomic E-state index is -0.351. The largest absolute Gasteiger partial charge is 0.494 e. The Bertz CT molecular complexity index is 510. The third-order valence-corrected chi connectivity index (χ3v) is 3.13. The lowest BCUT2D eigenvalue weighted by molar-refractivity contribution is 0.340. The molecule has 0 saturated carbocycles. The predicted molar refractivity (Wildman–Crippen MR) is 71.7 cm³/mol. The number of hydrogen-bond acceptors (Lipinski definition) is 1. The summed E-state index contributed by atoms with van der Waals surface area (Å²) in [5.74, 6) is 0.536. The van der Waals surface area contributed by atoms with Crippen molar-refractivity contribution in [3.05, 3.63) is 65.5 Å². The first-order valence-electron chi connectivity index (χ1n) is 5.83. The minimum Gasteiger partial charge on any atom is -0.494 e. The van der Waals surface area contributed by atoms with Crippen LogP contribution in [0.5, 0.6) is 5.75 Å². The van der Waals surface area contributed by atoms with E-state index in [-0.39, 0.29) is 11.2 Å². The number of ether oxygens (including phenoxy) is 1. The van der Waals surface area contributed by atoms with Gasteiger partial charge in [-0.15, -0.1) is 11.6 Å². The summed E-state index contributed by atoms with van der Waals surface area (Å²) >= 11 is 6.33. The predicted octanol–water partition coefficient (Wildman–Crippen LogP) is 4.55. The van der Waals surface area contributed by atoms with Crippen molar-refractivity contribution >= 4 is 11.6 Å². The topological polar surface area (TPSA) is 9.23 Å².